The Morgan fingerprint density at radius 1 is 1.38 bits per heavy atom. The quantitative estimate of drug-likeness (QED) is 0.409. The predicted octanol–water partition coefficient (Wildman–Crippen LogP) is 3.41. The van der Waals surface area contributed by atoms with Crippen LogP contribution in [0.3, 0.4) is 0 Å². The fraction of sp³-hybridized carbons (Fsp3) is 0.611. The normalized spacial score (nSPS) is 20.5. The van der Waals surface area contributed by atoms with Crippen molar-refractivity contribution in [1.82, 2.24) is 10.2 Å². The molecule has 6 heteroatoms. The van der Waals surface area contributed by atoms with Crippen molar-refractivity contribution in [3.8, 4) is 0 Å². The average molecular weight is 464 g/mol. The summed E-state index contributed by atoms with van der Waals surface area (Å²) in [6.45, 7) is 5.50. The second kappa shape index (κ2) is 8.72. The van der Waals surface area contributed by atoms with Gasteiger partial charge in [-0.3, -0.25) is 4.99 Å². The minimum atomic E-state index is -0.157. The van der Waals surface area contributed by atoms with Crippen LogP contribution in [0.2, 0.25) is 5.02 Å². The summed E-state index contributed by atoms with van der Waals surface area (Å²) in [6, 6.07) is 8.19. The molecule has 0 aromatic heterocycles. The average Bonchev–Trinajstić information content (AvgIpc) is 3.34. The summed E-state index contributed by atoms with van der Waals surface area (Å²) in [5.74, 6) is 0.979. The number of aliphatic hydroxyl groups excluding tert-OH is 1. The van der Waals surface area contributed by atoms with Crippen molar-refractivity contribution in [3.63, 3.8) is 0 Å². The number of aliphatic hydroxyl groups is 1. The van der Waals surface area contributed by atoms with Crippen molar-refractivity contribution in [2.45, 2.75) is 44.1 Å². The van der Waals surface area contributed by atoms with E-state index in [-0.39, 0.29) is 35.5 Å². The van der Waals surface area contributed by atoms with E-state index in [0.29, 0.717) is 0 Å². The van der Waals surface area contributed by atoms with Crippen LogP contribution in [0.25, 0.3) is 0 Å². The molecule has 134 valence electrons. The zero-order valence-electron chi connectivity index (χ0n) is 14.2. The number of aliphatic imine (C=N–C) groups is 1. The Hall–Kier alpha value is -0.530. The number of nitrogens with zero attached hydrogens (tertiary/aromatic N) is 2. The third-order valence-electron chi connectivity index (χ3n) is 4.92. The first-order valence-electron chi connectivity index (χ1n) is 8.60. The number of hydrogen-bond acceptors (Lipinski definition) is 2. The van der Waals surface area contributed by atoms with Crippen molar-refractivity contribution in [2.75, 3.05) is 26.2 Å². The van der Waals surface area contributed by atoms with Crippen LogP contribution in [0.1, 0.15) is 38.2 Å². The van der Waals surface area contributed by atoms with Gasteiger partial charge in [0.15, 0.2) is 5.96 Å². The minimum absolute atomic E-state index is 0. The summed E-state index contributed by atoms with van der Waals surface area (Å²) < 4.78 is 0. The molecule has 0 unspecified atom stereocenters. The molecule has 1 aliphatic carbocycles. The Labute approximate surface area is 166 Å². The monoisotopic (exact) mass is 463 g/mol. The van der Waals surface area contributed by atoms with Gasteiger partial charge < -0.3 is 15.3 Å². The lowest BCUT2D eigenvalue weighted by Crippen LogP contribution is -2.46. The number of hydrogen-bond donors (Lipinski definition) is 2. The summed E-state index contributed by atoms with van der Waals surface area (Å²) in [7, 11) is 0. The first-order valence-corrected chi connectivity index (χ1v) is 8.98. The fourth-order valence-electron chi connectivity index (χ4n) is 3.24. The van der Waals surface area contributed by atoms with E-state index in [1.807, 2.05) is 12.1 Å². The van der Waals surface area contributed by atoms with Gasteiger partial charge in [-0.05, 0) is 50.3 Å². The van der Waals surface area contributed by atoms with Crippen LogP contribution < -0.4 is 5.32 Å². The van der Waals surface area contributed by atoms with Crippen LogP contribution in [0.15, 0.2) is 29.3 Å². The molecular weight excluding hydrogens is 437 g/mol. The first-order chi connectivity index (χ1) is 11.1. The highest BCUT2D eigenvalue weighted by molar-refractivity contribution is 14.0. The van der Waals surface area contributed by atoms with Gasteiger partial charge in [0.25, 0.3) is 0 Å². The Morgan fingerprint density at radius 3 is 2.67 bits per heavy atom. The lowest BCUT2D eigenvalue weighted by Gasteiger charge is -2.32. The van der Waals surface area contributed by atoms with Crippen LogP contribution >= 0.6 is 35.6 Å². The van der Waals surface area contributed by atoms with Crippen molar-refractivity contribution < 1.29 is 5.11 Å². The van der Waals surface area contributed by atoms with E-state index in [4.69, 9.17) is 16.6 Å². The molecule has 1 aromatic carbocycles. The molecule has 1 aromatic rings. The van der Waals surface area contributed by atoms with Gasteiger partial charge in [-0.2, -0.15) is 0 Å². The van der Waals surface area contributed by atoms with E-state index in [1.54, 1.807) is 0 Å². The van der Waals surface area contributed by atoms with Gasteiger partial charge in [0.1, 0.15) is 0 Å². The van der Waals surface area contributed by atoms with Crippen LogP contribution in [0, 0.1) is 0 Å². The topological polar surface area (TPSA) is 47.9 Å². The standard InChI is InChI=1S/C18H26ClN3O.HI/c1-2-20-17(22-10-6-16(23)7-11-22)21-13-18(8-9-18)14-4-3-5-15(19)12-14;/h3-5,12,16,23H,2,6-11,13H2,1H3,(H,20,21);1H. The Morgan fingerprint density at radius 2 is 2.08 bits per heavy atom. The van der Waals surface area contributed by atoms with Gasteiger partial charge in [-0.15, -0.1) is 24.0 Å². The minimum Gasteiger partial charge on any atom is -0.393 e. The highest BCUT2D eigenvalue weighted by atomic mass is 127. The van der Waals surface area contributed by atoms with Crippen molar-refractivity contribution in [2.24, 2.45) is 4.99 Å². The largest absolute Gasteiger partial charge is 0.393 e. The van der Waals surface area contributed by atoms with Crippen molar-refractivity contribution in [1.29, 1.82) is 0 Å². The Balaban J connectivity index is 0.00000208. The Kier molecular flexibility index (Phi) is 7.19. The summed E-state index contributed by atoms with van der Waals surface area (Å²) in [4.78, 5) is 7.18. The molecule has 0 atom stereocenters. The van der Waals surface area contributed by atoms with Crippen molar-refractivity contribution >= 4 is 41.5 Å². The molecule has 1 aliphatic heterocycles. The van der Waals surface area contributed by atoms with E-state index in [2.05, 4.69) is 29.3 Å². The molecule has 2 fully saturated rings. The van der Waals surface area contributed by atoms with Crippen LogP contribution in [-0.4, -0.2) is 48.2 Å². The maximum Gasteiger partial charge on any atom is 0.193 e. The highest BCUT2D eigenvalue weighted by Crippen LogP contribution is 2.48. The molecule has 0 bridgehead atoms. The lowest BCUT2D eigenvalue weighted by atomic mass is 9.96. The third-order valence-corrected chi connectivity index (χ3v) is 5.16. The lowest BCUT2D eigenvalue weighted by molar-refractivity contribution is 0.108. The van der Waals surface area contributed by atoms with E-state index in [9.17, 15) is 5.11 Å². The number of likely N-dealkylation sites (tertiary alicyclic amines) is 1. The third kappa shape index (κ3) is 4.76. The van der Waals surface area contributed by atoms with Gasteiger partial charge >= 0.3 is 0 Å². The highest BCUT2D eigenvalue weighted by Gasteiger charge is 2.44. The van der Waals surface area contributed by atoms with Gasteiger partial charge in [0.2, 0.25) is 0 Å². The molecule has 2 N–H and O–H groups in total. The molecule has 2 aliphatic rings. The second-order valence-electron chi connectivity index (χ2n) is 6.68. The van der Waals surface area contributed by atoms with Gasteiger partial charge in [0.05, 0.1) is 12.6 Å². The number of rotatable bonds is 4. The first kappa shape index (κ1) is 19.8. The van der Waals surface area contributed by atoms with E-state index >= 15 is 0 Å². The summed E-state index contributed by atoms with van der Waals surface area (Å²) in [5, 5.41) is 13.9. The Bertz CT molecular complexity index is 569. The molecule has 0 amide bonds. The number of benzene rings is 1. The number of guanidine groups is 1. The molecule has 0 radical (unpaired) electrons. The summed E-state index contributed by atoms with van der Waals surface area (Å²) in [5.41, 5.74) is 1.47. The predicted molar refractivity (Wildman–Crippen MR) is 111 cm³/mol. The molecule has 1 saturated carbocycles. The van der Waals surface area contributed by atoms with Gasteiger partial charge in [0, 0.05) is 30.1 Å². The summed E-state index contributed by atoms with van der Waals surface area (Å²) >= 11 is 6.15. The fourth-order valence-corrected chi connectivity index (χ4v) is 3.43. The van der Waals surface area contributed by atoms with Crippen molar-refractivity contribution in [3.05, 3.63) is 34.9 Å². The van der Waals surface area contributed by atoms with Gasteiger partial charge in [-0.1, -0.05) is 23.7 Å². The molecule has 1 heterocycles. The molecule has 1 saturated heterocycles. The second-order valence-corrected chi connectivity index (χ2v) is 7.12. The van der Waals surface area contributed by atoms with Crippen LogP contribution in [0.4, 0.5) is 0 Å². The SMILES string of the molecule is CCNC(=NCC1(c2cccc(Cl)c2)CC1)N1CCC(O)CC1.I. The molecule has 24 heavy (non-hydrogen) atoms. The zero-order chi connectivity index (χ0) is 16.3. The zero-order valence-corrected chi connectivity index (χ0v) is 17.3. The molecule has 3 rings (SSSR count). The van der Waals surface area contributed by atoms with Crippen LogP contribution in [0.5, 0.6) is 0 Å². The van der Waals surface area contributed by atoms with Gasteiger partial charge in [-0.25, -0.2) is 0 Å². The van der Waals surface area contributed by atoms with E-state index < -0.39 is 0 Å². The smallest absolute Gasteiger partial charge is 0.193 e. The molecule has 0 spiro atoms. The number of halogens is 2. The van der Waals surface area contributed by atoms with E-state index in [1.165, 1.54) is 18.4 Å². The molecular formula is C18H27ClIN3O. The van der Waals surface area contributed by atoms with Crippen LogP contribution in [-0.2, 0) is 5.41 Å². The maximum atomic E-state index is 9.68. The number of piperidine rings is 1. The maximum absolute atomic E-state index is 9.68. The summed E-state index contributed by atoms with van der Waals surface area (Å²) in [6.07, 6.45) is 3.84. The van der Waals surface area contributed by atoms with E-state index in [0.717, 1.165) is 50.0 Å². The number of nitrogens with one attached hydrogen (secondary N) is 1. The molecule has 4 nitrogen and oxygen atoms in total.